The van der Waals surface area contributed by atoms with Gasteiger partial charge in [0.1, 0.15) is 4.99 Å². The number of hydrogen-bond acceptors (Lipinski definition) is 4. The van der Waals surface area contributed by atoms with Crippen LogP contribution in [0.3, 0.4) is 0 Å². The summed E-state index contributed by atoms with van der Waals surface area (Å²) in [5.41, 5.74) is 7.04. The Morgan fingerprint density at radius 2 is 2.19 bits per heavy atom. The average molecular weight is 328 g/mol. The van der Waals surface area contributed by atoms with Crippen molar-refractivity contribution in [2.24, 2.45) is 5.73 Å². The number of nitrogens with two attached hydrogens (primary N) is 1. The molecule has 116 valence electrons. The fourth-order valence-corrected chi connectivity index (χ4v) is 4.07. The Morgan fingerprint density at radius 1 is 1.48 bits per heavy atom. The van der Waals surface area contributed by atoms with Crippen molar-refractivity contribution in [2.75, 3.05) is 6.61 Å². The van der Waals surface area contributed by atoms with E-state index < -0.39 is 10.0 Å². The Hall–Kier alpha value is -1.02. The molecule has 1 aliphatic heterocycles. The highest BCUT2D eigenvalue weighted by Gasteiger charge is 2.25. The summed E-state index contributed by atoms with van der Waals surface area (Å²) < 4.78 is 33.0. The van der Waals surface area contributed by atoms with Gasteiger partial charge in [0.15, 0.2) is 0 Å². The molecule has 0 radical (unpaired) electrons. The van der Waals surface area contributed by atoms with E-state index in [0.717, 1.165) is 5.56 Å². The number of sulfonamides is 1. The Bertz CT molecular complexity index is 644. The molecule has 2 rings (SSSR count). The zero-order chi connectivity index (χ0) is 15.6. The molecule has 1 saturated heterocycles. The summed E-state index contributed by atoms with van der Waals surface area (Å²) in [4.78, 5) is 0.502. The minimum absolute atomic E-state index is 0.0742. The summed E-state index contributed by atoms with van der Waals surface area (Å²) in [6.07, 6.45) is 1.45. The molecule has 0 amide bonds. The molecule has 7 heteroatoms. The van der Waals surface area contributed by atoms with Gasteiger partial charge in [0.2, 0.25) is 10.0 Å². The van der Waals surface area contributed by atoms with Crippen molar-refractivity contribution in [3.63, 3.8) is 0 Å². The van der Waals surface area contributed by atoms with Gasteiger partial charge in [0.05, 0.1) is 11.0 Å². The summed E-state index contributed by atoms with van der Waals surface area (Å²) in [6.45, 7) is 4.32. The Kier molecular flexibility index (Phi) is 4.98. The fourth-order valence-electron chi connectivity index (χ4n) is 2.47. The smallest absolute Gasteiger partial charge is 0.240 e. The Labute approximate surface area is 130 Å². The molecule has 2 unspecified atom stereocenters. The van der Waals surface area contributed by atoms with Crippen LogP contribution in [0.5, 0.6) is 0 Å². The third kappa shape index (κ3) is 4.00. The van der Waals surface area contributed by atoms with Crippen LogP contribution in [-0.4, -0.2) is 32.2 Å². The van der Waals surface area contributed by atoms with Crippen LogP contribution < -0.4 is 10.5 Å². The normalized spacial score (nSPS) is 23.0. The summed E-state index contributed by atoms with van der Waals surface area (Å²) >= 11 is 4.93. The van der Waals surface area contributed by atoms with Crippen molar-refractivity contribution in [3.05, 3.63) is 29.3 Å². The molecular weight excluding hydrogens is 308 g/mol. The van der Waals surface area contributed by atoms with Crippen LogP contribution in [0.25, 0.3) is 0 Å². The highest BCUT2D eigenvalue weighted by molar-refractivity contribution is 7.89. The van der Waals surface area contributed by atoms with E-state index in [1.54, 1.807) is 19.1 Å². The zero-order valence-corrected chi connectivity index (χ0v) is 13.8. The highest BCUT2D eigenvalue weighted by atomic mass is 32.2. The molecule has 5 nitrogen and oxygen atoms in total. The van der Waals surface area contributed by atoms with Gasteiger partial charge in [-0.15, -0.1) is 0 Å². The number of aryl methyl sites for hydroxylation is 1. The standard InChI is InChI=1S/C14H20N2O3S2/c1-9-7-12(3-4-13(9)14(15)20)21(17,18)16-11-5-6-19-10(2)8-11/h3-4,7,10-11,16H,5-6,8H2,1-2H3,(H2,15,20). The first-order chi connectivity index (χ1) is 9.79. The lowest BCUT2D eigenvalue weighted by atomic mass is 10.1. The Morgan fingerprint density at radius 3 is 2.76 bits per heavy atom. The minimum Gasteiger partial charge on any atom is -0.389 e. The fraction of sp³-hybridized carbons (Fsp3) is 0.500. The molecule has 0 spiro atoms. The highest BCUT2D eigenvalue weighted by Crippen LogP contribution is 2.19. The molecule has 0 aromatic heterocycles. The van der Waals surface area contributed by atoms with E-state index in [2.05, 4.69) is 4.72 Å². The summed E-state index contributed by atoms with van der Waals surface area (Å²) in [5.74, 6) is 0. The average Bonchev–Trinajstić information content (AvgIpc) is 2.37. The lowest BCUT2D eigenvalue weighted by Gasteiger charge is -2.27. The predicted molar refractivity (Wildman–Crippen MR) is 85.8 cm³/mol. The molecule has 2 atom stereocenters. The van der Waals surface area contributed by atoms with Crippen molar-refractivity contribution in [1.29, 1.82) is 0 Å². The Balaban J connectivity index is 2.19. The number of hydrogen-bond donors (Lipinski definition) is 2. The minimum atomic E-state index is -3.54. The molecule has 0 saturated carbocycles. The molecule has 0 aliphatic carbocycles. The number of ether oxygens (including phenoxy) is 1. The molecule has 1 heterocycles. The second kappa shape index (κ2) is 6.39. The summed E-state index contributed by atoms with van der Waals surface area (Å²) in [5, 5.41) is 0. The van der Waals surface area contributed by atoms with Crippen LogP contribution in [-0.2, 0) is 14.8 Å². The number of benzene rings is 1. The van der Waals surface area contributed by atoms with Crippen LogP contribution in [0.2, 0.25) is 0 Å². The van der Waals surface area contributed by atoms with Gasteiger partial charge in [0, 0.05) is 18.2 Å². The lowest BCUT2D eigenvalue weighted by Crippen LogP contribution is -2.41. The van der Waals surface area contributed by atoms with Gasteiger partial charge in [-0.05, 0) is 44.4 Å². The first kappa shape index (κ1) is 16.4. The van der Waals surface area contributed by atoms with Gasteiger partial charge < -0.3 is 10.5 Å². The first-order valence-electron chi connectivity index (χ1n) is 6.84. The van der Waals surface area contributed by atoms with Gasteiger partial charge in [-0.1, -0.05) is 18.3 Å². The van der Waals surface area contributed by atoms with Gasteiger partial charge in [0.25, 0.3) is 0 Å². The number of thiocarbonyl (C=S) groups is 1. The summed E-state index contributed by atoms with van der Waals surface area (Å²) in [6, 6.07) is 4.69. The van der Waals surface area contributed by atoms with Crippen LogP contribution in [0.4, 0.5) is 0 Å². The summed E-state index contributed by atoms with van der Waals surface area (Å²) in [7, 11) is -3.54. The number of rotatable bonds is 4. The third-order valence-corrected chi connectivity index (χ3v) is 5.32. The largest absolute Gasteiger partial charge is 0.389 e. The zero-order valence-electron chi connectivity index (χ0n) is 12.1. The van der Waals surface area contributed by atoms with Gasteiger partial charge in [-0.3, -0.25) is 0 Å². The maximum Gasteiger partial charge on any atom is 0.240 e. The van der Waals surface area contributed by atoms with Crippen molar-refractivity contribution < 1.29 is 13.2 Å². The molecular formula is C14H20N2O3S2. The van der Waals surface area contributed by atoms with Crippen LogP contribution >= 0.6 is 12.2 Å². The van der Waals surface area contributed by atoms with Crippen molar-refractivity contribution in [2.45, 2.75) is 43.7 Å². The third-order valence-electron chi connectivity index (χ3n) is 3.58. The van der Waals surface area contributed by atoms with Crippen molar-refractivity contribution in [3.8, 4) is 0 Å². The quantitative estimate of drug-likeness (QED) is 0.818. The van der Waals surface area contributed by atoms with E-state index in [4.69, 9.17) is 22.7 Å². The van der Waals surface area contributed by atoms with E-state index in [1.165, 1.54) is 6.07 Å². The molecule has 1 aromatic carbocycles. The second-order valence-electron chi connectivity index (χ2n) is 5.36. The SMILES string of the molecule is Cc1cc(S(=O)(=O)NC2CCOC(C)C2)ccc1C(N)=S. The van der Waals surface area contributed by atoms with E-state index in [-0.39, 0.29) is 22.0 Å². The van der Waals surface area contributed by atoms with Crippen LogP contribution in [0.1, 0.15) is 30.9 Å². The van der Waals surface area contributed by atoms with E-state index >= 15 is 0 Å². The molecule has 3 N–H and O–H groups in total. The van der Waals surface area contributed by atoms with E-state index in [1.807, 2.05) is 6.92 Å². The second-order valence-corrected chi connectivity index (χ2v) is 7.52. The first-order valence-corrected chi connectivity index (χ1v) is 8.73. The number of nitrogens with one attached hydrogen (secondary N) is 1. The van der Waals surface area contributed by atoms with Gasteiger partial charge in [-0.2, -0.15) is 0 Å². The predicted octanol–water partition coefficient (Wildman–Crippen LogP) is 1.48. The van der Waals surface area contributed by atoms with Crippen molar-refractivity contribution >= 4 is 27.2 Å². The molecule has 21 heavy (non-hydrogen) atoms. The monoisotopic (exact) mass is 328 g/mol. The van der Waals surface area contributed by atoms with Gasteiger partial charge >= 0.3 is 0 Å². The molecule has 1 fully saturated rings. The molecule has 0 bridgehead atoms. The van der Waals surface area contributed by atoms with Crippen molar-refractivity contribution in [1.82, 2.24) is 4.72 Å². The maximum atomic E-state index is 12.4. The lowest BCUT2D eigenvalue weighted by molar-refractivity contribution is 0.0173. The van der Waals surface area contributed by atoms with Crippen LogP contribution in [0.15, 0.2) is 23.1 Å². The molecule has 1 aliphatic rings. The van der Waals surface area contributed by atoms with Crippen LogP contribution in [0, 0.1) is 6.92 Å². The molecule has 1 aromatic rings. The van der Waals surface area contributed by atoms with E-state index in [0.29, 0.717) is 25.0 Å². The maximum absolute atomic E-state index is 12.4. The van der Waals surface area contributed by atoms with E-state index in [9.17, 15) is 8.42 Å². The topological polar surface area (TPSA) is 81.4 Å². The van der Waals surface area contributed by atoms with Gasteiger partial charge in [-0.25, -0.2) is 13.1 Å².